The lowest BCUT2D eigenvalue weighted by atomic mass is 9.97. The summed E-state index contributed by atoms with van der Waals surface area (Å²) in [6, 6.07) is 2.35. The Kier molecular flexibility index (Phi) is 5.39. The summed E-state index contributed by atoms with van der Waals surface area (Å²) >= 11 is 0. The van der Waals surface area contributed by atoms with Gasteiger partial charge in [-0.1, -0.05) is 12.2 Å². The first-order chi connectivity index (χ1) is 15.9. The van der Waals surface area contributed by atoms with E-state index in [0.29, 0.717) is 23.9 Å². The molecule has 2 aromatic rings. The zero-order valence-corrected chi connectivity index (χ0v) is 17.7. The van der Waals surface area contributed by atoms with Crippen molar-refractivity contribution in [2.24, 2.45) is 5.92 Å². The molecule has 1 saturated carbocycles. The number of fused-ring (bicyclic) bond motifs is 1. The van der Waals surface area contributed by atoms with E-state index in [1.807, 2.05) is 29.2 Å². The van der Waals surface area contributed by atoms with Gasteiger partial charge in [0.1, 0.15) is 6.54 Å². The van der Waals surface area contributed by atoms with Gasteiger partial charge in [0.05, 0.1) is 12.2 Å². The van der Waals surface area contributed by atoms with Crippen LogP contribution in [0, 0.1) is 5.92 Å². The van der Waals surface area contributed by atoms with Gasteiger partial charge in [0.15, 0.2) is 0 Å². The van der Waals surface area contributed by atoms with Gasteiger partial charge in [0.2, 0.25) is 5.91 Å². The molecule has 0 saturated heterocycles. The normalized spacial score (nSPS) is 20.1. The molecule has 3 aliphatic rings. The summed E-state index contributed by atoms with van der Waals surface area (Å²) in [5, 5.41) is 7.18. The molecule has 1 fully saturated rings. The van der Waals surface area contributed by atoms with Crippen LogP contribution >= 0.6 is 0 Å². The molecular weight excluding hydrogens is 431 g/mol. The van der Waals surface area contributed by atoms with E-state index in [1.165, 1.54) is 17.2 Å². The number of rotatable bonds is 6. The molecule has 1 unspecified atom stereocenters. The number of nitrogens with one attached hydrogen (secondary N) is 1. The molecule has 0 aromatic carbocycles. The third-order valence-corrected chi connectivity index (χ3v) is 5.82. The second kappa shape index (κ2) is 8.38. The lowest BCUT2D eigenvalue weighted by Crippen LogP contribution is -2.31. The highest BCUT2D eigenvalue weighted by Crippen LogP contribution is 2.36. The zero-order chi connectivity index (χ0) is 23.0. The van der Waals surface area contributed by atoms with Crippen LogP contribution in [-0.4, -0.2) is 38.3 Å². The van der Waals surface area contributed by atoms with Crippen LogP contribution in [0.1, 0.15) is 30.9 Å². The number of carbonyl (C=O) groups is 1. The van der Waals surface area contributed by atoms with E-state index < -0.39 is 12.7 Å². The molecule has 0 bridgehead atoms. The quantitative estimate of drug-likeness (QED) is 0.650. The molecule has 0 spiro atoms. The summed E-state index contributed by atoms with van der Waals surface area (Å²) < 4.78 is 40.4. The van der Waals surface area contributed by atoms with Crippen molar-refractivity contribution >= 4 is 12.0 Å². The minimum atomic E-state index is -4.30. The third-order valence-electron chi connectivity index (χ3n) is 5.82. The first-order valence-electron chi connectivity index (χ1n) is 10.8. The molecule has 1 amide bonds. The molecule has 0 radical (unpaired) electrons. The fourth-order valence-electron chi connectivity index (χ4n) is 4.06. The summed E-state index contributed by atoms with van der Waals surface area (Å²) in [6.07, 6.45) is 15.4. The highest BCUT2D eigenvalue weighted by atomic mass is 19.4. The van der Waals surface area contributed by atoms with Crippen LogP contribution < -0.4 is 5.32 Å². The second-order valence-corrected chi connectivity index (χ2v) is 8.38. The number of hydrogen-bond acceptors (Lipinski definition) is 4. The van der Waals surface area contributed by atoms with Gasteiger partial charge in [-0.2, -0.15) is 18.3 Å². The summed E-state index contributed by atoms with van der Waals surface area (Å²) in [4.78, 5) is 17.9. The largest absolute Gasteiger partial charge is 0.406 e. The van der Waals surface area contributed by atoms with E-state index in [1.54, 1.807) is 30.6 Å². The number of halogens is 3. The Morgan fingerprint density at radius 2 is 2.12 bits per heavy atom. The van der Waals surface area contributed by atoms with Crippen LogP contribution in [0.4, 0.5) is 13.2 Å². The fourth-order valence-corrected chi connectivity index (χ4v) is 4.06. The van der Waals surface area contributed by atoms with Crippen LogP contribution in [0.15, 0.2) is 72.8 Å². The first kappa shape index (κ1) is 21.2. The second-order valence-electron chi connectivity index (χ2n) is 8.38. The number of pyridine rings is 1. The number of allylic oxidation sites excluding steroid dienone is 3. The first-order valence-corrected chi connectivity index (χ1v) is 10.8. The van der Waals surface area contributed by atoms with Crippen molar-refractivity contribution in [3.05, 3.63) is 78.3 Å². The highest BCUT2D eigenvalue weighted by molar-refractivity contribution is 5.94. The summed E-state index contributed by atoms with van der Waals surface area (Å²) in [7, 11) is 0. The number of aromatic nitrogens is 3. The lowest BCUT2D eigenvalue weighted by Gasteiger charge is -2.26. The minimum absolute atomic E-state index is 0.0990. The van der Waals surface area contributed by atoms with E-state index in [0.717, 1.165) is 29.5 Å². The van der Waals surface area contributed by atoms with Crippen molar-refractivity contribution in [1.82, 2.24) is 25.0 Å². The number of hydrogen-bond donors (Lipinski definition) is 1. The van der Waals surface area contributed by atoms with Crippen LogP contribution in [-0.2, 0) is 4.79 Å². The Morgan fingerprint density at radius 1 is 1.27 bits per heavy atom. The molecule has 5 rings (SSSR count). The molecule has 1 N–H and O–H groups in total. The minimum Gasteiger partial charge on any atom is -0.342 e. The summed E-state index contributed by atoms with van der Waals surface area (Å²) in [6.45, 7) is -1.05. The van der Waals surface area contributed by atoms with E-state index in [2.05, 4.69) is 15.4 Å². The maximum absolute atomic E-state index is 12.8. The average Bonchev–Trinajstić information content (AvgIpc) is 3.39. The molecule has 1 atom stereocenters. The standard InChI is InChI=1S/C24H22F3N5O/c25-24(26,27)15-31-10-8-16-1-3-19(11-22(16)31)30-23(33)6-2-17-12-28-9-7-21(17)18-13-29-32(14-18)20-4-5-20/h2-3,6-14,16,20H,1,4-5,15H2,(H,30,33)/b6-2+. The fraction of sp³-hybridized carbons (Fsp3) is 0.292. The Balaban J connectivity index is 1.27. The van der Waals surface area contributed by atoms with Gasteiger partial charge in [-0.3, -0.25) is 14.5 Å². The van der Waals surface area contributed by atoms with Crippen LogP contribution in [0.25, 0.3) is 17.2 Å². The number of alkyl halides is 3. The van der Waals surface area contributed by atoms with Crippen molar-refractivity contribution in [1.29, 1.82) is 0 Å². The summed E-state index contributed by atoms with van der Waals surface area (Å²) in [5.74, 6) is -0.466. The molecule has 170 valence electrons. The molecule has 6 nitrogen and oxygen atoms in total. The van der Waals surface area contributed by atoms with Gasteiger partial charge in [-0.15, -0.1) is 0 Å². The zero-order valence-electron chi connectivity index (χ0n) is 17.7. The maximum atomic E-state index is 12.8. The van der Waals surface area contributed by atoms with Crippen molar-refractivity contribution < 1.29 is 18.0 Å². The van der Waals surface area contributed by atoms with Gasteiger partial charge >= 0.3 is 6.18 Å². The molecular formula is C24H22F3N5O. The van der Waals surface area contributed by atoms with Gasteiger partial charge in [-0.25, -0.2) is 0 Å². The molecule has 1 aliphatic heterocycles. The Morgan fingerprint density at radius 3 is 2.91 bits per heavy atom. The topological polar surface area (TPSA) is 63.1 Å². The number of nitrogens with zero attached hydrogens (tertiary/aromatic N) is 4. The third kappa shape index (κ3) is 4.92. The van der Waals surface area contributed by atoms with E-state index in [4.69, 9.17) is 0 Å². The molecule has 3 heterocycles. The van der Waals surface area contributed by atoms with E-state index >= 15 is 0 Å². The van der Waals surface area contributed by atoms with Crippen molar-refractivity contribution in [2.45, 2.75) is 31.5 Å². The Bertz CT molecular complexity index is 1190. The smallest absolute Gasteiger partial charge is 0.342 e. The molecule has 9 heteroatoms. The summed E-state index contributed by atoms with van der Waals surface area (Å²) in [5.41, 5.74) is 3.67. The monoisotopic (exact) mass is 453 g/mol. The molecule has 33 heavy (non-hydrogen) atoms. The van der Waals surface area contributed by atoms with Crippen LogP contribution in [0.2, 0.25) is 0 Å². The highest BCUT2D eigenvalue weighted by Gasteiger charge is 2.35. The van der Waals surface area contributed by atoms with Crippen LogP contribution in [0.5, 0.6) is 0 Å². The number of carbonyl (C=O) groups excluding carboxylic acids is 1. The average molecular weight is 453 g/mol. The van der Waals surface area contributed by atoms with Crippen molar-refractivity contribution in [3.63, 3.8) is 0 Å². The Labute approximate surface area is 188 Å². The van der Waals surface area contributed by atoms with Crippen molar-refractivity contribution in [2.75, 3.05) is 6.54 Å². The Hall–Kier alpha value is -3.62. The van der Waals surface area contributed by atoms with Gasteiger partial charge in [0, 0.05) is 59.3 Å². The van der Waals surface area contributed by atoms with Crippen LogP contribution in [0.3, 0.4) is 0 Å². The SMILES string of the molecule is O=C(/C=C/c1cnccc1-c1cnn(C2CC2)c1)NC1=CCC2C=CN(CC(F)(F)F)C2=C1. The predicted molar refractivity (Wildman–Crippen MR) is 117 cm³/mol. The lowest BCUT2D eigenvalue weighted by molar-refractivity contribution is -0.137. The van der Waals surface area contributed by atoms with Gasteiger partial charge in [-0.05, 0) is 43.0 Å². The van der Waals surface area contributed by atoms with Crippen molar-refractivity contribution in [3.8, 4) is 11.1 Å². The predicted octanol–water partition coefficient (Wildman–Crippen LogP) is 4.59. The van der Waals surface area contributed by atoms with Gasteiger partial charge < -0.3 is 10.2 Å². The number of amides is 1. The van der Waals surface area contributed by atoms with Gasteiger partial charge in [0.25, 0.3) is 0 Å². The molecule has 2 aliphatic carbocycles. The van der Waals surface area contributed by atoms with E-state index in [9.17, 15) is 18.0 Å². The molecule has 2 aromatic heterocycles. The maximum Gasteiger partial charge on any atom is 0.406 e. The van der Waals surface area contributed by atoms with E-state index in [-0.39, 0.29) is 11.8 Å².